The molecule has 0 bridgehead atoms. The monoisotopic (exact) mass is 453 g/mol. The van der Waals surface area contributed by atoms with Crippen LogP contribution >= 0.6 is 11.6 Å². The summed E-state index contributed by atoms with van der Waals surface area (Å²) in [5, 5.41) is 3.30. The first kappa shape index (κ1) is 22.3. The summed E-state index contributed by atoms with van der Waals surface area (Å²) in [6.45, 7) is 2.89. The quantitative estimate of drug-likeness (QED) is 0.672. The van der Waals surface area contributed by atoms with Crippen LogP contribution in [-0.4, -0.2) is 47.3 Å². The fourth-order valence-corrected chi connectivity index (χ4v) is 4.92. The van der Waals surface area contributed by atoms with Gasteiger partial charge < -0.3 is 10.2 Å². The Hall–Kier alpha value is -2.86. The number of urea groups is 1. The summed E-state index contributed by atoms with van der Waals surface area (Å²) >= 11 is 6.11. The second kappa shape index (κ2) is 9.33. The molecule has 4 rings (SSSR count). The second-order valence-electron chi connectivity index (χ2n) is 8.60. The summed E-state index contributed by atoms with van der Waals surface area (Å²) in [6, 6.07) is 16.8. The molecule has 0 aliphatic carbocycles. The molecule has 1 N–H and O–H groups in total. The lowest BCUT2D eigenvalue weighted by atomic mass is 9.87. The van der Waals surface area contributed by atoms with E-state index in [2.05, 4.69) is 17.4 Å². The number of hydrogen-bond donors (Lipinski definition) is 1. The molecule has 2 aliphatic rings. The molecule has 2 aromatic carbocycles. The van der Waals surface area contributed by atoms with Crippen LogP contribution in [0, 0.1) is 5.92 Å². The summed E-state index contributed by atoms with van der Waals surface area (Å²) in [7, 11) is 0. The van der Waals surface area contributed by atoms with Crippen LogP contribution < -0.4 is 5.32 Å². The lowest BCUT2D eigenvalue weighted by molar-refractivity contribution is -0.140. The van der Waals surface area contributed by atoms with Crippen molar-refractivity contribution in [3.05, 3.63) is 70.7 Å². The molecule has 2 heterocycles. The molecule has 4 amide bonds. The Morgan fingerprint density at radius 1 is 1.09 bits per heavy atom. The fraction of sp³-hybridized carbons (Fsp3) is 0.400. The standard InChI is InChI=1S/C25H28ClN3O3/c1-2-25(20-9-6-10-21(26)16-20)23(31)29(24(32)27-25)17-22(30)28-13-11-19(12-14-28)15-18-7-4-3-5-8-18/h3-10,16,19H,2,11-15,17H2,1H3,(H,27,32). The summed E-state index contributed by atoms with van der Waals surface area (Å²) in [6.07, 6.45) is 3.21. The van der Waals surface area contributed by atoms with Crippen molar-refractivity contribution in [2.24, 2.45) is 5.92 Å². The van der Waals surface area contributed by atoms with Crippen molar-refractivity contribution in [1.29, 1.82) is 0 Å². The molecule has 6 nitrogen and oxygen atoms in total. The van der Waals surface area contributed by atoms with Gasteiger partial charge in [-0.1, -0.05) is 61.0 Å². The number of carbonyl (C=O) groups is 3. The second-order valence-corrected chi connectivity index (χ2v) is 9.04. The summed E-state index contributed by atoms with van der Waals surface area (Å²) in [4.78, 5) is 41.7. The topological polar surface area (TPSA) is 69.7 Å². The summed E-state index contributed by atoms with van der Waals surface area (Å²) in [5.41, 5.74) is 0.751. The number of hydrogen-bond acceptors (Lipinski definition) is 3. The molecular weight excluding hydrogens is 426 g/mol. The minimum absolute atomic E-state index is 0.190. The van der Waals surface area contributed by atoms with Crippen LogP contribution in [0.2, 0.25) is 5.02 Å². The van der Waals surface area contributed by atoms with Crippen molar-refractivity contribution in [1.82, 2.24) is 15.1 Å². The zero-order chi connectivity index (χ0) is 22.7. The minimum atomic E-state index is -1.19. The lowest BCUT2D eigenvalue weighted by Crippen LogP contribution is -2.47. The van der Waals surface area contributed by atoms with Crippen LogP contribution in [0.3, 0.4) is 0 Å². The van der Waals surface area contributed by atoms with Gasteiger partial charge in [0, 0.05) is 18.1 Å². The van der Waals surface area contributed by atoms with E-state index in [9.17, 15) is 14.4 Å². The third kappa shape index (κ3) is 4.37. The first-order chi connectivity index (χ1) is 15.4. The number of halogens is 1. The molecule has 0 radical (unpaired) electrons. The predicted octanol–water partition coefficient (Wildman–Crippen LogP) is 3.98. The lowest BCUT2D eigenvalue weighted by Gasteiger charge is -2.33. The maximum atomic E-state index is 13.3. The van der Waals surface area contributed by atoms with Gasteiger partial charge >= 0.3 is 6.03 Å². The molecule has 1 atom stereocenters. The average molecular weight is 454 g/mol. The predicted molar refractivity (Wildman–Crippen MR) is 123 cm³/mol. The van der Waals surface area contributed by atoms with Crippen LogP contribution in [0.5, 0.6) is 0 Å². The highest BCUT2D eigenvalue weighted by Crippen LogP contribution is 2.33. The molecule has 2 aliphatic heterocycles. The average Bonchev–Trinajstić information content (AvgIpc) is 3.05. The van der Waals surface area contributed by atoms with Crippen molar-refractivity contribution < 1.29 is 14.4 Å². The number of benzene rings is 2. The van der Waals surface area contributed by atoms with Gasteiger partial charge in [0.2, 0.25) is 5.91 Å². The number of nitrogens with one attached hydrogen (secondary N) is 1. The number of piperidine rings is 1. The molecule has 32 heavy (non-hydrogen) atoms. The van der Waals surface area contributed by atoms with Gasteiger partial charge in [0.05, 0.1) is 0 Å². The van der Waals surface area contributed by atoms with E-state index in [1.165, 1.54) is 5.56 Å². The van der Waals surface area contributed by atoms with Crippen LogP contribution in [0.25, 0.3) is 0 Å². The van der Waals surface area contributed by atoms with Crippen LogP contribution in [0.15, 0.2) is 54.6 Å². The Kier molecular flexibility index (Phi) is 6.51. The zero-order valence-electron chi connectivity index (χ0n) is 18.2. The number of likely N-dealkylation sites (tertiary alicyclic amines) is 1. The molecule has 0 spiro atoms. The molecule has 168 valence electrons. The first-order valence-electron chi connectivity index (χ1n) is 11.1. The molecule has 2 aromatic rings. The van der Waals surface area contributed by atoms with Crippen LogP contribution in [0.4, 0.5) is 4.79 Å². The van der Waals surface area contributed by atoms with E-state index in [1.54, 1.807) is 29.2 Å². The highest BCUT2D eigenvalue weighted by Gasteiger charge is 2.52. The minimum Gasteiger partial charge on any atom is -0.341 e. The highest BCUT2D eigenvalue weighted by atomic mass is 35.5. The Balaban J connectivity index is 1.38. The van der Waals surface area contributed by atoms with E-state index in [1.807, 2.05) is 25.1 Å². The normalized spacial score (nSPS) is 21.7. The van der Waals surface area contributed by atoms with Gasteiger partial charge in [-0.15, -0.1) is 0 Å². The van der Waals surface area contributed by atoms with E-state index in [0.717, 1.165) is 24.2 Å². The zero-order valence-corrected chi connectivity index (χ0v) is 19.0. The third-order valence-corrected chi connectivity index (χ3v) is 6.89. The van der Waals surface area contributed by atoms with E-state index < -0.39 is 17.5 Å². The van der Waals surface area contributed by atoms with Gasteiger partial charge in [-0.3, -0.25) is 14.5 Å². The molecule has 7 heteroatoms. The third-order valence-electron chi connectivity index (χ3n) is 6.65. The summed E-state index contributed by atoms with van der Waals surface area (Å²) in [5.74, 6) is -0.0574. The number of rotatable bonds is 6. The van der Waals surface area contributed by atoms with Crippen molar-refractivity contribution in [2.75, 3.05) is 19.6 Å². The first-order valence-corrected chi connectivity index (χ1v) is 11.5. The van der Waals surface area contributed by atoms with E-state index in [0.29, 0.717) is 36.0 Å². The van der Waals surface area contributed by atoms with Crippen LogP contribution in [-0.2, 0) is 21.5 Å². The number of imide groups is 1. The molecule has 2 fully saturated rings. The number of nitrogens with zero attached hydrogens (tertiary/aromatic N) is 2. The van der Waals surface area contributed by atoms with Gasteiger partial charge in [0.25, 0.3) is 5.91 Å². The Morgan fingerprint density at radius 2 is 1.81 bits per heavy atom. The molecule has 0 saturated carbocycles. The SMILES string of the molecule is CCC1(c2cccc(Cl)c2)NC(=O)N(CC(=O)N2CCC(Cc3ccccc3)CC2)C1=O. The molecule has 0 aromatic heterocycles. The van der Waals surface area contributed by atoms with Gasteiger partial charge in [0.15, 0.2) is 0 Å². The van der Waals surface area contributed by atoms with Crippen molar-refractivity contribution in [3.8, 4) is 0 Å². The smallest absolute Gasteiger partial charge is 0.325 e. The number of amides is 4. The summed E-state index contributed by atoms with van der Waals surface area (Å²) < 4.78 is 0. The maximum Gasteiger partial charge on any atom is 0.325 e. The van der Waals surface area contributed by atoms with Gasteiger partial charge in [-0.05, 0) is 54.9 Å². The van der Waals surface area contributed by atoms with Gasteiger partial charge in [-0.25, -0.2) is 4.79 Å². The Labute approximate surface area is 193 Å². The Bertz CT molecular complexity index is 1000. The van der Waals surface area contributed by atoms with E-state index in [4.69, 9.17) is 11.6 Å². The highest BCUT2D eigenvalue weighted by molar-refractivity contribution is 6.30. The number of carbonyl (C=O) groups excluding carboxylic acids is 3. The van der Waals surface area contributed by atoms with Crippen molar-refractivity contribution in [2.45, 2.75) is 38.1 Å². The molecule has 2 saturated heterocycles. The van der Waals surface area contributed by atoms with Crippen LogP contribution in [0.1, 0.15) is 37.3 Å². The molecule has 1 unspecified atom stereocenters. The molecular formula is C25H28ClN3O3. The van der Waals surface area contributed by atoms with Crippen molar-refractivity contribution >= 4 is 29.4 Å². The largest absolute Gasteiger partial charge is 0.341 e. The Morgan fingerprint density at radius 3 is 2.47 bits per heavy atom. The van der Waals surface area contributed by atoms with E-state index in [-0.39, 0.29) is 12.5 Å². The van der Waals surface area contributed by atoms with Crippen molar-refractivity contribution in [3.63, 3.8) is 0 Å². The fourth-order valence-electron chi connectivity index (χ4n) is 4.73. The van der Waals surface area contributed by atoms with Gasteiger partial charge in [0.1, 0.15) is 12.1 Å². The van der Waals surface area contributed by atoms with E-state index >= 15 is 0 Å². The maximum absolute atomic E-state index is 13.3. The van der Waals surface area contributed by atoms with Gasteiger partial charge in [-0.2, -0.15) is 0 Å².